The number of hydrogen-bond donors (Lipinski definition) is 1. The highest BCUT2D eigenvalue weighted by Crippen LogP contribution is 2.23. The first-order chi connectivity index (χ1) is 8.90. The van der Waals surface area contributed by atoms with Gasteiger partial charge in [-0.05, 0) is 32.0 Å². The van der Waals surface area contributed by atoms with Gasteiger partial charge >= 0.3 is 0 Å². The van der Waals surface area contributed by atoms with Crippen molar-refractivity contribution < 1.29 is 13.5 Å². The summed E-state index contributed by atoms with van der Waals surface area (Å²) < 4.78 is 32.3. The highest BCUT2D eigenvalue weighted by molar-refractivity contribution is 5.22. The van der Waals surface area contributed by atoms with E-state index in [1.807, 2.05) is 0 Å². The first kappa shape index (κ1) is 14.4. The molecule has 19 heavy (non-hydrogen) atoms. The van der Waals surface area contributed by atoms with Crippen molar-refractivity contribution in [1.29, 1.82) is 0 Å². The van der Waals surface area contributed by atoms with Gasteiger partial charge < -0.3 is 10.5 Å². The van der Waals surface area contributed by atoms with Crippen molar-refractivity contribution in [1.82, 2.24) is 4.90 Å². The highest BCUT2D eigenvalue weighted by Gasteiger charge is 2.32. The SMILES string of the molecule is CC1(C)COCCN1CC(N)c1cc(F)ccc1F. The molecule has 1 heterocycles. The van der Waals surface area contributed by atoms with Crippen LogP contribution in [0.1, 0.15) is 25.5 Å². The lowest BCUT2D eigenvalue weighted by molar-refractivity contribution is -0.0532. The molecule has 0 bridgehead atoms. The van der Waals surface area contributed by atoms with Gasteiger partial charge in [0.05, 0.1) is 13.2 Å². The Balaban J connectivity index is 2.12. The van der Waals surface area contributed by atoms with Gasteiger partial charge in [0.1, 0.15) is 11.6 Å². The molecule has 0 spiro atoms. The molecule has 1 aromatic carbocycles. The molecule has 1 aliphatic heterocycles. The van der Waals surface area contributed by atoms with Gasteiger partial charge in [-0.15, -0.1) is 0 Å². The maximum atomic E-state index is 13.7. The molecule has 2 rings (SSSR count). The molecule has 1 aliphatic rings. The van der Waals surface area contributed by atoms with E-state index in [1.54, 1.807) is 0 Å². The minimum atomic E-state index is -0.548. The monoisotopic (exact) mass is 270 g/mol. The Morgan fingerprint density at radius 2 is 2.16 bits per heavy atom. The summed E-state index contributed by atoms with van der Waals surface area (Å²) in [6, 6.07) is 2.85. The molecule has 0 aromatic heterocycles. The van der Waals surface area contributed by atoms with Gasteiger partial charge in [0, 0.05) is 30.2 Å². The molecule has 1 aromatic rings. The minimum Gasteiger partial charge on any atom is -0.378 e. The van der Waals surface area contributed by atoms with Gasteiger partial charge in [-0.25, -0.2) is 8.78 Å². The van der Waals surface area contributed by atoms with Crippen molar-refractivity contribution in [3.63, 3.8) is 0 Å². The van der Waals surface area contributed by atoms with Crippen LogP contribution in [0.2, 0.25) is 0 Å². The number of hydrogen-bond acceptors (Lipinski definition) is 3. The predicted octanol–water partition coefficient (Wildman–Crippen LogP) is 2.08. The summed E-state index contributed by atoms with van der Waals surface area (Å²) in [5.74, 6) is -0.923. The van der Waals surface area contributed by atoms with Crippen LogP contribution in [0, 0.1) is 11.6 Å². The Labute approximate surface area is 112 Å². The molecule has 0 aliphatic carbocycles. The van der Waals surface area contributed by atoms with E-state index in [0.29, 0.717) is 19.8 Å². The van der Waals surface area contributed by atoms with E-state index >= 15 is 0 Å². The van der Waals surface area contributed by atoms with Gasteiger partial charge in [0.25, 0.3) is 0 Å². The van der Waals surface area contributed by atoms with Crippen molar-refractivity contribution in [3.05, 3.63) is 35.4 Å². The molecule has 0 radical (unpaired) electrons. The second-order valence-electron chi connectivity index (χ2n) is 5.58. The second kappa shape index (κ2) is 5.53. The third-order valence-corrected chi connectivity index (χ3v) is 3.59. The number of rotatable bonds is 3. The van der Waals surface area contributed by atoms with Crippen LogP contribution in [0.4, 0.5) is 8.78 Å². The van der Waals surface area contributed by atoms with E-state index in [2.05, 4.69) is 18.7 Å². The fourth-order valence-electron chi connectivity index (χ4n) is 2.36. The zero-order chi connectivity index (χ0) is 14.0. The summed E-state index contributed by atoms with van der Waals surface area (Å²) in [7, 11) is 0. The van der Waals surface area contributed by atoms with E-state index in [-0.39, 0.29) is 11.1 Å². The first-order valence-corrected chi connectivity index (χ1v) is 6.43. The van der Waals surface area contributed by atoms with Crippen molar-refractivity contribution in [2.75, 3.05) is 26.3 Å². The normalized spacial score (nSPS) is 21.3. The lowest BCUT2D eigenvalue weighted by Crippen LogP contribution is -2.54. The molecule has 3 nitrogen and oxygen atoms in total. The summed E-state index contributed by atoms with van der Waals surface area (Å²) in [5.41, 5.74) is 6.11. The molecule has 1 fully saturated rings. The molecule has 106 valence electrons. The van der Waals surface area contributed by atoms with Crippen LogP contribution in [-0.2, 0) is 4.74 Å². The third kappa shape index (κ3) is 3.29. The average Bonchev–Trinajstić information content (AvgIpc) is 2.34. The minimum absolute atomic E-state index is 0.139. The van der Waals surface area contributed by atoms with Crippen LogP contribution in [0.25, 0.3) is 0 Å². The molecule has 1 saturated heterocycles. The van der Waals surface area contributed by atoms with Gasteiger partial charge in [0.15, 0.2) is 0 Å². The van der Waals surface area contributed by atoms with Crippen molar-refractivity contribution in [3.8, 4) is 0 Å². The zero-order valence-electron chi connectivity index (χ0n) is 11.3. The van der Waals surface area contributed by atoms with Crippen molar-refractivity contribution in [2.24, 2.45) is 5.73 Å². The van der Waals surface area contributed by atoms with Crippen molar-refractivity contribution in [2.45, 2.75) is 25.4 Å². The summed E-state index contributed by atoms with van der Waals surface area (Å²) in [6.45, 7) is 6.60. The number of morpholine rings is 1. The Bertz CT molecular complexity index is 451. The van der Waals surface area contributed by atoms with Crippen LogP contribution in [-0.4, -0.2) is 36.7 Å². The Morgan fingerprint density at radius 3 is 2.84 bits per heavy atom. The molecule has 1 unspecified atom stereocenters. The number of ether oxygens (including phenoxy) is 1. The molecular formula is C14H20F2N2O. The zero-order valence-corrected chi connectivity index (χ0v) is 11.3. The van der Waals surface area contributed by atoms with E-state index in [0.717, 1.165) is 18.7 Å². The third-order valence-electron chi connectivity index (χ3n) is 3.59. The standard InChI is InChI=1S/C14H20F2N2O/c1-14(2)9-19-6-5-18(14)8-13(17)11-7-10(15)3-4-12(11)16/h3-4,7,13H,5-6,8-9,17H2,1-2H3. The first-order valence-electron chi connectivity index (χ1n) is 6.43. The lowest BCUT2D eigenvalue weighted by atomic mass is 9.99. The predicted molar refractivity (Wildman–Crippen MR) is 69.8 cm³/mol. The van der Waals surface area contributed by atoms with Crippen LogP contribution < -0.4 is 5.73 Å². The molecule has 0 amide bonds. The quantitative estimate of drug-likeness (QED) is 0.914. The largest absolute Gasteiger partial charge is 0.378 e. The number of nitrogens with two attached hydrogens (primary N) is 1. The molecule has 1 atom stereocenters. The fourth-order valence-corrected chi connectivity index (χ4v) is 2.36. The van der Waals surface area contributed by atoms with Gasteiger partial charge in [-0.1, -0.05) is 0 Å². The van der Waals surface area contributed by atoms with Gasteiger partial charge in [-0.2, -0.15) is 0 Å². The molecule has 5 heteroatoms. The van der Waals surface area contributed by atoms with E-state index in [4.69, 9.17) is 10.5 Å². The maximum Gasteiger partial charge on any atom is 0.128 e. The Morgan fingerprint density at radius 1 is 1.42 bits per heavy atom. The Hall–Kier alpha value is -1.04. The van der Waals surface area contributed by atoms with Crippen LogP contribution in [0.15, 0.2) is 18.2 Å². The van der Waals surface area contributed by atoms with E-state index in [1.165, 1.54) is 6.07 Å². The van der Waals surface area contributed by atoms with E-state index < -0.39 is 17.7 Å². The topological polar surface area (TPSA) is 38.5 Å². The van der Waals surface area contributed by atoms with Crippen LogP contribution in [0.3, 0.4) is 0 Å². The average molecular weight is 270 g/mol. The summed E-state index contributed by atoms with van der Waals surface area (Å²) in [6.07, 6.45) is 0. The molecule has 0 saturated carbocycles. The second-order valence-corrected chi connectivity index (χ2v) is 5.58. The highest BCUT2D eigenvalue weighted by atomic mass is 19.1. The lowest BCUT2D eigenvalue weighted by Gasteiger charge is -2.43. The number of benzene rings is 1. The van der Waals surface area contributed by atoms with Gasteiger partial charge in [0.2, 0.25) is 0 Å². The van der Waals surface area contributed by atoms with Crippen LogP contribution in [0.5, 0.6) is 0 Å². The maximum absolute atomic E-state index is 13.7. The van der Waals surface area contributed by atoms with Crippen molar-refractivity contribution >= 4 is 0 Å². The molecule has 2 N–H and O–H groups in total. The summed E-state index contributed by atoms with van der Waals surface area (Å²) in [4.78, 5) is 2.16. The smallest absolute Gasteiger partial charge is 0.128 e. The van der Waals surface area contributed by atoms with E-state index in [9.17, 15) is 8.78 Å². The number of halogens is 2. The summed E-state index contributed by atoms with van der Waals surface area (Å²) >= 11 is 0. The summed E-state index contributed by atoms with van der Waals surface area (Å²) in [5, 5.41) is 0. The van der Waals surface area contributed by atoms with Gasteiger partial charge in [-0.3, -0.25) is 4.90 Å². The van der Waals surface area contributed by atoms with Crippen LogP contribution >= 0.6 is 0 Å². The molecular weight excluding hydrogens is 250 g/mol. The Kier molecular flexibility index (Phi) is 4.18. The fraction of sp³-hybridized carbons (Fsp3) is 0.571. The number of nitrogens with zero attached hydrogens (tertiary/aromatic N) is 1.